The normalized spacial score (nSPS) is 12.1. The van der Waals surface area contributed by atoms with Crippen molar-refractivity contribution in [1.29, 1.82) is 0 Å². The summed E-state index contributed by atoms with van der Waals surface area (Å²) in [5, 5.41) is 9.82. The molecule has 0 saturated heterocycles. The van der Waals surface area contributed by atoms with Crippen molar-refractivity contribution in [3.05, 3.63) is 95.1 Å². The van der Waals surface area contributed by atoms with Crippen molar-refractivity contribution < 1.29 is 33.7 Å². The molecule has 0 atom stereocenters. The summed E-state index contributed by atoms with van der Waals surface area (Å²) in [7, 11) is 1.12. The van der Waals surface area contributed by atoms with E-state index in [-0.39, 0.29) is 23.5 Å². The average Bonchev–Trinajstić information content (AvgIpc) is 2.80. The quantitative estimate of drug-likeness (QED) is 0.227. The van der Waals surface area contributed by atoms with Crippen LogP contribution in [0.4, 0.5) is 0 Å². The number of hydrogen-bond donors (Lipinski definition) is 1. The number of rotatable bonds is 8. The number of methoxy groups -OCH3 is 1. The molecule has 0 aliphatic heterocycles. The molecule has 0 bridgehead atoms. The zero-order valence-corrected chi connectivity index (χ0v) is 17.0. The van der Waals surface area contributed by atoms with Crippen LogP contribution in [0.25, 0.3) is 0 Å². The van der Waals surface area contributed by atoms with Crippen LogP contribution in [-0.2, 0) is 30.4 Å². The Labute approximate surface area is 179 Å². The Balaban J connectivity index is 2.14. The third-order valence-electron chi connectivity index (χ3n) is 3.84. The SMILES string of the molecule is COC(=O)C(=C/OC(=O)c1ccccc1)/N=C/C(C(=O)OCc1ccccc1)=C(/C)O. The first-order valence-corrected chi connectivity index (χ1v) is 9.12. The average molecular weight is 423 g/mol. The van der Waals surface area contributed by atoms with Crippen molar-refractivity contribution in [1.82, 2.24) is 0 Å². The van der Waals surface area contributed by atoms with E-state index in [0.29, 0.717) is 0 Å². The van der Waals surface area contributed by atoms with Gasteiger partial charge < -0.3 is 19.3 Å². The van der Waals surface area contributed by atoms with E-state index in [0.717, 1.165) is 25.1 Å². The maximum absolute atomic E-state index is 12.3. The van der Waals surface area contributed by atoms with Gasteiger partial charge in [-0.1, -0.05) is 48.5 Å². The van der Waals surface area contributed by atoms with Gasteiger partial charge in [-0.2, -0.15) is 0 Å². The number of aliphatic hydroxyl groups is 1. The van der Waals surface area contributed by atoms with Crippen molar-refractivity contribution in [2.24, 2.45) is 4.99 Å². The number of aliphatic hydroxyl groups excluding tert-OH is 1. The van der Waals surface area contributed by atoms with E-state index in [1.54, 1.807) is 42.5 Å². The van der Waals surface area contributed by atoms with E-state index < -0.39 is 23.6 Å². The zero-order valence-electron chi connectivity index (χ0n) is 17.0. The Morgan fingerprint density at radius 2 is 1.58 bits per heavy atom. The molecule has 160 valence electrons. The summed E-state index contributed by atoms with van der Waals surface area (Å²) in [4.78, 5) is 40.1. The third kappa shape index (κ3) is 7.28. The van der Waals surface area contributed by atoms with E-state index in [1.165, 1.54) is 19.1 Å². The van der Waals surface area contributed by atoms with Crippen LogP contribution in [0.1, 0.15) is 22.8 Å². The molecule has 0 amide bonds. The van der Waals surface area contributed by atoms with Crippen LogP contribution in [0.2, 0.25) is 0 Å². The second-order valence-electron chi connectivity index (χ2n) is 6.09. The van der Waals surface area contributed by atoms with E-state index in [2.05, 4.69) is 9.73 Å². The van der Waals surface area contributed by atoms with Gasteiger partial charge in [0.15, 0.2) is 5.70 Å². The van der Waals surface area contributed by atoms with Gasteiger partial charge in [0.1, 0.15) is 24.2 Å². The lowest BCUT2D eigenvalue weighted by atomic mass is 10.2. The molecule has 8 heteroatoms. The molecular weight excluding hydrogens is 402 g/mol. The molecule has 0 saturated carbocycles. The lowest BCUT2D eigenvalue weighted by molar-refractivity contribution is -0.140. The summed E-state index contributed by atoms with van der Waals surface area (Å²) in [5.74, 6) is -2.84. The van der Waals surface area contributed by atoms with Crippen LogP contribution in [0.5, 0.6) is 0 Å². The van der Waals surface area contributed by atoms with E-state index in [9.17, 15) is 19.5 Å². The number of aliphatic imine (C=N–C) groups is 1. The summed E-state index contributed by atoms with van der Waals surface area (Å²) >= 11 is 0. The summed E-state index contributed by atoms with van der Waals surface area (Å²) in [6, 6.07) is 17.1. The Morgan fingerprint density at radius 3 is 2.16 bits per heavy atom. The van der Waals surface area contributed by atoms with Crippen LogP contribution in [0.15, 0.2) is 88.9 Å². The molecule has 2 aromatic rings. The fraction of sp³-hybridized carbons (Fsp3) is 0.130. The molecule has 0 aliphatic rings. The molecule has 0 unspecified atom stereocenters. The van der Waals surface area contributed by atoms with Gasteiger partial charge >= 0.3 is 17.9 Å². The Kier molecular flexibility index (Phi) is 8.72. The second-order valence-corrected chi connectivity index (χ2v) is 6.09. The van der Waals surface area contributed by atoms with Crippen LogP contribution in [-0.4, -0.2) is 36.3 Å². The number of carbonyl (C=O) groups excluding carboxylic acids is 3. The smallest absolute Gasteiger partial charge is 0.359 e. The maximum Gasteiger partial charge on any atom is 0.359 e. The molecule has 1 N–H and O–H groups in total. The van der Waals surface area contributed by atoms with Crippen molar-refractivity contribution in [2.45, 2.75) is 13.5 Å². The summed E-state index contributed by atoms with van der Waals surface area (Å²) in [6.07, 6.45) is 1.74. The summed E-state index contributed by atoms with van der Waals surface area (Å²) in [5.41, 5.74) is 0.343. The van der Waals surface area contributed by atoms with Gasteiger partial charge in [-0.15, -0.1) is 0 Å². The minimum atomic E-state index is -0.912. The van der Waals surface area contributed by atoms with E-state index in [1.807, 2.05) is 6.07 Å². The number of nitrogens with zero attached hydrogens (tertiary/aromatic N) is 1. The molecule has 0 fully saturated rings. The minimum Gasteiger partial charge on any atom is -0.512 e. The molecule has 0 aliphatic carbocycles. The first-order valence-electron chi connectivity index (χ1n) is 9.12. The van der Waals surface area contributed by atoms with Gasteiger partial charge in [-0.3, -0.25) is 0 Å². The van der Waals surface area contributed by atoms with Crippen LogP contribution >= 0.6 is 0 Å². The highest BCUT2D eigenvalue weighted by molar-refractivity contribution is 6.10. The van der Waals surface area contributed by atoms with Gasteiger partial charge in [-0.05, 0) is 24.6 Å². The zero-order chi connectivity index (χ0) is 22.6. The second kappa shape index (κ2) is 11.7. The third-order valence-corrected chi connectivity index (χ3v) is 3.84. The fourth-order valence-electron chi connectivity index (χ4n) is 2.22. The lowest BCUT2D eigenvalue weighted by Crippen LogP contribution is -2.12. The molecule has 0 spiro atoms. The Morgan fingerprint density at radius 1 is 0.968 bits per heavy atom. The standard InChI is InChI=1S/C23H21NO7/c1-16(25)19(22(27)30-14-17-9-5-3-6-10-17)13-24-20(23(28)29-2)15-31-21(26)18-11-7-4-8-12-18/h3-13,15,25H,14H2,1-2H3/b19-16+,20-15-,24-13+. The van der Waals surface area contributed by atoms with Crippen LogP contribution in [0.3, 0.4) is 0 Å². The molecule has 0 heterocycles. The first kappa shape index (κ1) is 23.1. The molecule has 2 aromatic carbocycles. The summed E-state index contributed by atoms with van der Waals surface area (Å²) < 4.78 is 14.7. The largest absolute Gasteiger partial charge is 0.512 e. The Bertz CT molecular complexity index is 1000. The predicted molar refractivity (Wildman–Crippen MR) is 112 cm³/mol. The van der Waals surface area contributed by atoms with E-state index >= 15 is 0 Å². The fourth-order valence-corrected chi connectivity index (χ4v) is 2.22. The maximum atomic E-state index is 12.3. The topological polar surface area (TPSA) is 111 Å². The molecule has 2 rings (SSSR count). The number of benzene rings is 2. The van der Waals surface area contributed by atoms with Gasteiger partial charge in [0, 0.05) is 6.21 Å². The molecule has 8 nitrogen and oxygen atoms in total. The molecule has 0 radical (unpaired) electrons. The number of ether oxygens (including phenoxy) is 3. The molecule has 0 aromatic heterocycles. The van der Waals surface area contributed by atoms with Crippen LogP contribution < -0.4 is 0 Å². The van der Waals surface area contributed by atoms with Crippen molar-refractivity contribution in [2.75, 3.05) is 7.11 Å². The highest BCUT2D eigenvalue weighted by Gasteiger charge is 2.16. The summed E-state index contributed by atoms with van der Waals surface area (Å²) in [6.45, 7) is 1.25. The number of carbonyl (C=O) groups is 3. The highest BCUT2D eigenvalue weighted by Crippen LogP contribution is 2.09. The first-order chi connectivity index (χ1) is 14.9. The van der Waals surface area contributed by atoms with Crippen molar-refractivity contribution in [3.8, 4) is 0 Å². The van der Waals surface area contributed by atoms with Crippen LogP contribution in [0, 0.1) is 0 Å². The number of esters is 3. The number of allylic oxidation sites excluding steroid dienone is 1. The monoisotopic (exact) mass is 423 g/mol. The van der Waals surface area contributed by atoms with Gasteiger partial charge in [0.05, 0.1) is 12.7 Å². The van der Waals surface area contributed by atoms with Crippen molar-refractivity contribution in [3.63, 3.8) is 0 Å². The highest BCUT2D eigenvalue weighted by atomic mass is 16.5. The minimum absolute atomic E-state index is 0.0152. The van der Waals surface area contributed by atoms with Gasteiger partial charge in [0.2, 0.25) is 0 Å². The molecular formula is C23H21NO7. The number of hydrogen-bond acceptors (Lipinski definition) is 8. The predicted octanol–water partition coefficient (Wildman–Crippen LogP) is 3.50. The Hall–Kier alpha value is -4.20. The molecule has 31 heavy (non-hydrogen) atoms. The van der Waals surface area contributed by atoms with Gasteiger partial charge in [0.25, 0.3) is 0 Å². The van der Waals surface area contributed by atoms with E-state index in [4.69, 9.17) is 9.47 Å². The van der Waals surface area contributed by atoms with Gasteiger partial charge in [-0.25, -0.2) is 19.4 Å². The van der Waals surface area contributed by atoms with Crippen molar-refractivity contribution >= 4 is 24.1 Å². The lowest BCUT2D eigenvalue weighted by Gasteiger charge is -2.06.